The highest BCUT2D eigenvalue weighted by atomic mass is 35.5. The maximum absolute atomic E-state index is 13.3. The Bertz CT molecular complexity index is 1400. The smallest absolute Gasteiger partial charge is 0.322 e. The third-order valence-corrected chi connectivity index (χ3v) is 5.94. The van der Waals surface area contributed by atoms with E-state index in [2.05, 4.69) is 16.4 Å². The second-order valence-electron chi connectivity index (χ2n) is 8.27. The number of carbonyl (C=O) groups excluding carboxylic acids is 1. The van der Waals surface area contributed by atoms with Crippen molar-refractivity contribution in [2.75, 3.05) is 12.4 Å². The molecule has 2 N–H and O–H groups in total. The zero-order valence-corrected chi connectivity index (χ0v) is 20.1. The van der Waals surface area contributed by atoms with Crippen LogP contribution in [0.15, 0.2) is 71.5 Å². The zero-order valence-electron chi connectivity index (χ0n) is 19.3. The van der Waals surface area contributed by atoms with Crippen LogP contribution in [0.25, 0.3) is 10.9 Å². The molecule has 1 aromatic heterocycles. The van der Waals surface area contributed by atoms with Gasteiger partial charge >= 0.3 is 6.03 Å². The Kier molecular flexibility index (Phi) is 6.89. The number of halogens is 1. The Balaban J connectivity index is 1.70. The number of ether oxygens (including phenoxy) is 1. The van der Waals surface area contributed by atoms with Crippen LogP contribution in [0.2, 0.25) is 5.02 Å². The number of para-hydroxylation sites is 1. The van der Waals surface area contributed by atoms with E-state index in [1.54, 1.807) is 36.3 Å². The first-order valence-corrected chi connectivity index (χ1v) is 11.3. The lowest BCUT2D eigenvalue weighted by atomic mass is 10.0. The molecular weight excluding hydrogens is 450 g/mol. The average molecular weight is 476 g/mol. The Morgan fingerprint density at radius 2 is 1.71 bits per heavy atom. The van der Waals surface area contributed by atoms with E-state index in [1.807, 2.05) is 50.2 Å². The van der Waals surface area contributed by atoms with Crippen molar-refractivity contribution in [3.63, 3.8) is 0 Å². The molecule has 0 aliphatic rings. The standard InChI is InChI=1S/C27H26ClN3O3/c1-17-12-18(2)23-14-20(26(32)30-24(23)13-17)16-31(15-19-6-4-5-7-25(19)34-3)27(33)29-22-10-8-21(28)9-11-22/h4-14H,15-16H2,1-3H3,(H,29,33)(H,30,32). The predicted molar refractivity (Wildman–Crippen MR) is 137 cm³/mol. The van der Waals surface area contributed by atoms with Gasteiger partial charge < -0.3 is 19.9 Å². The van der Waals surface area contributed by atoms with Gasteiger partial charge in [0.2, 0.25) is 0 Å². The number of urea groups is 1. The number of fused-ring (bicyclic) bond motifs is 1. The maximum Gasteiger partial charge on any atom is 0.322 e. The van der Waals surface area contributed by atoms with Crippen molar-refractivity contribution < 1.29 is 9.53 Å². The predicted octanol–water partition coefficient (Wildman–Crippen LogP) is 6.04. The first-order chi connectivity index (χ1) is 16.3. The Morgan fingerprint density at radius 3 is 2.44 bits per heavy atom. The molecule has 2 amide bonds. The molecule has 4 rings (SSSR count). The van der Waals surface area contributed by atoms with E-state index in [0.717, 1.165) is 27.6 Å². The molecular formula is C27H26ClN3O3. The molecule has 4 aromatic rings. The SMILES string of the molecule is COc1ccccc1CN(Cc1cc2c(C)cc(C)cc2[nH]c1=O)C(=O)Nc1ccc(Cl)cc1. The molecule has 0 radical (unpaired) electrons. The van der Waals surface area contributed by atoms with Crippen LogP contribution >= 0.6 is 11.6 Å². The number of methoxy groups -OCH3 is 1. The molecule has 0 bridgehead atoms. The second kappa shape index (κ2) is 10.0. The Morgan fingerprint density at radius 1 is 1.00 bits per heavy atom. The minimum Gasteiger partial charge on any atom is -0.496 e. The van der Waals surface area contributed by atoms with Crippen LogP contribution in [0.4, 0.5) is 10.5 Å². The topological polar surface area (TPSA) is 74.4 Å². The number of amides is 2. The lowest BCUT2D eigenvalue weighted by molar-refractivity contribution is 0.205. The lowest BCUT2D eigenvalue weighted by Crippen LogP contribution is -2.35. The van der Waals surface area contributed by atoms with Crippen LogP contribution in [0.5, 0.6) is 5.75 Å². The Hall–Kier alpha value is -3.77. The Labute approximate surface area is 203 Å². The number of aromatic amines is 1. The number of aromatic nitrogens is 1. The first-order valence-electron chi connectivity index (χ1n) is 10.9. The highest BCUT2D eigenvalue weighted by Gasteiger charge is 2.19. The van der Waals surface area contributed by atoms with Gasteiger partial charge in [-0.15, -0.1) is 0 Å². The summed E-state index contributed by atoms with van der Waals surface area (Å²) >= 11 is 5.97. The van der Waals surface area contributed by atoms with Crippen molar-refractivity contribution in [3.8, 4) is 5.75 Å². The molecule has 1 heterocycles. The third-order valence-electron chi connectivity index (χ3n) is 5.69. The summed E-state index contributed by atoms with van der Waals surface area (Å²) in [7, 11) is 1.59. The fraction of sp³-hybridized carbons (Fsp3) is 0.185. The van der Waals surface area contributed by atoms with Gasteiger partial charge in [0.15, 0.2) is 0 Å². The minimum absolute atomic E-state index is 0.121. The summed E-state index contributed by atoms with van der Waals surface area (Å²) in [6.45, 7) is 4.38. The highest BCUT2D eigenvalue weighted by Crippen LogP contribution is 2.23. The van der Waals surface area contributed by atoms with E-state index in [1.165, 1.54) is 0 Å². The average Bonchev–Trinajstić information content (AvgIpc) is 2.81. The van der Waals surface area contributed by atoms with Crippen molar-refractivity contribution in [1.82, 2.24) is 9.88 Å². The molecule has 0 atom stereocenters. The quantitative estimate of drug-likeness (QED) is 0.357. The normalized spacial score (nSPS) is 10.8. The van der Waals surface area contributed by atoms with Gasteiger partial charge in [0.05, 0.1) is 20.2 Å². The number of H-pyrrole nitrogens is 1. The van der Waals surface area contributed by atoms with Crippen molar-refractivity contribution >= 4 is 34.2 Å². The number of rotatable bonds is 6. The number of carbonyl (C=O) groups is 1. The van der Waals surface area contributed by atoms with E-state index < -0.39 is 0 Å². The molecule has 7 heteroatoms. The number of anilines is 1. The molecule has 0 unspecified atom stereocenters. The summed E-state index contributed by atoms with van der Waals surface area (Å²) in [5, 5.41) is 4.43. The molecule has 0 spiro atoms. The fourth-order valence-corrected chi connectivity index (χ4v) is 4.14. The van der Waals surface area contributed by atoms with Crippen molar-refractivity contribution in [2.24, 2.45) is 0 Å². The van der Waals surface area contributed by atoms with Crippen molar-refractivity contribution in [1.29, 1.82) is 0 Å². The van der Waals surface area contributed by atoms with E-state index in [0.29, 0.717) is 22.0 Å². The number of nitrogens with zero attached hydrogens (tertiary/aromatic N) is 1. The largest absolute Gasteiger partial charge is 0.496 e. The molecule has 6 nitrogen and oxygen atoms in total. The summed E-state index contributed by atoms with van der Waals surface area (Å²) < 4.78 is 5.47. The van der Waals surface area contributed by atoms with Crippen LogP contribution in [0.3, 0.4) is 0 Å². The van der Waals surface area contributed by atoms with Crippen LogP contribution < -0.4 is 15.6 Å². The molecule has 0 aliphatic carbocycles. The summed E-state index contributed by atoms with van der Waals surface area (Å²) in [4.78, 5) is 30.8. The second-order valence-corrected chi connectivity index (χ2v) is 8.71. The van der Waals surface area contributed by atoms with Gasteiger partial charge in [-0.2, -0.15) is 0 Å². The molecule has 174 valence electrons. The summed E-state index contributed by atoms with van der Waals surface area (Å²) in [5.41, 5.74) is 4.65. The van der Waals surface area contributed by atoms with Crippen LogP contribution in [-0.2, 0) is 13.1 Å². The van der Waals surface area contributed by atoms with Crippen LogP contribution in [0, 0.1) is 13.8 Å². The van der Waals surface area contributed by atoms with Gasteiger partial charge in [0, 0.05) is 32.7 Å². The van der Waals surface area contributed by atoms with Gasteiger partial charge in [-0.25, -0.2) is 4.79 Å². The maximum atomic E-state index is 13.3. The first kappa shape index (κ1) is 23.4. The number of benzene rings is 3. The van der Waals surface area contributed by atoms with Crippen molar-refractivity contribution in [2.45, 2.75) is 26.9 Å². The number of hydrogen-bond acceptors (Lipinski definition) is 3. The highest BCUT2D eigenvalue weighted by molar-refractivity contribution is 6.30. The van der Waals surface area contributed by atoms with E-state index in [9.17, 15) is 9.59 Å². The molecule has 34 heavy (non-hydrogen) atoms. The van der Waals surface area contributed by atoms with E-state index >= 15 is 0 Å². The number of nitrogens with one attached hydrogen (secondary N) is 2. The van der Waals surface area contributed by atoms with Gasteiger partial charge in [0.1, 0.15) is 5.75 Å². The van der Waals surface area contributed by atoms with E-state index in [-0.39, 0.29) is 24.7 Å². The molecule has 0 saturated carbocycles. The van der Waals surface area contributed by atoms with Gasteiger partial charge in [0.25, 0.3) is 5.56 Å². The lowest BCUT2D eigenvalue weighted by Gasteiger charge is -2.24. The van der Waals surface area contributed by atoms with E-state index in [4.69, 9.17) is 16.3 Å². The summed E-state index contributed by atoms with van der Waals surface area (Å²) in [6, 6.07) is 19.9. The van der Waals surface area contributed by atoms with Gasteiger partial charge in [-0.1, -0.05) is 35.9 Å². The number of pyridine rings is 1. The molecule has 0 fully saturated rings. The van der Waals surface area contributed by atoms with Crippen LogP contribution in [0.1, 0.15) is 22.3 Å². The molecule has 3 aromatic carbocycles. The number of aryl methyl sites for hydroxylation is 2. The molecule has 0 saturated heterocycles. The van der Waals surface area contributed by atoms with Crippen molar-refractivity contribution in [3.05, 3.63) is 104 Å². The van der Waals surface area contributed by atoms with Gasteiger partial charge in [-0.05, 0) is 67.4 Å². The summed E-state index contributed by atoms with van der Waals surface area (Å²) in [5.74, 6) is 0.672. The fourth-order valence-electron chi connectivity index (χ4n) is 4.01. The molecule has 0 aliphatic heterocycles. The van der Waals surface area contributed by atoms with Gasteiger partial charge in [-0.3, -0.25) is 4.79 Å². The number of hydrogen-bond donors (Lipinski definition) is 2. The monoisotopic (exact) mass is 475 g/mol. The third kappa shape index (κ3) is 5.24. The van der Waals surface area contributed by atoms with Crippen LogP contribution in [-0.4, -0.2) is 23.0 Å². The summed E-state index contributed by atoms with van der Waals surface area (Å²) in [6.07, 6.45) is 0. The zero-order chi connectivity index (χ0) is 24.2. The minimum atomic E-state index is -0.339.